The van der Waals surface area contributed by atoms with Crippen molar-refractivity contribution in [2.24, 2.45) is 0 Å². The van der Waals surface area contributed by atoms with E-state index in [0.29, 0.717) is 0 Å². The normalized spacial score (nSPS) is 11.5. The van der Waals surface area contributed by atoms with Gasteiger partial charge in [0.2, 0.25) is 0 Å². The maximum atomic E-state index is 6.10. The summed E-state index contributed by atoms with van der Waals surface area (Å²) in [6.45, 7) is 0. The lowest BCUT2D eigenvalue weighted by Gasteiger charge is -2.08. The maximum Gasteiger partial charge on any atom is 0.113 e. The molecule has 0 fully saturated rings. The summed E-state index contributed by atoms with van der Waals surface area (Å²) in [5, 5.41) is 4.98. The zero-order valence-corrected chi connectivity index (χ0v) is 13.1. The van der Waals surface area contributed by atoms with Gasteiger partial charge in [-0.2, -0.15) is 0 Å². The first kappa shape index (κ1) is 13.4. The number of nitrogens with zero attached hydrogens (tertiary/aromatic N) is 1. The summed E-state index contributed by atoms with van der Waals surface area (Å²) in [6.07, 6.45) is 0. The molecule has 2 radical (unpaired) electrons. The summed E-state index contributed by atoms with van der Waals surface area (Å²) in [4.78, 5) is 0. The molecular formula is C22H14BN. The van der Waals surface area contributed by atoms with Gasteiger partial charge in [0, 0.05) is 16.5 Å². The monoisotopic (exact) mass is 303 g/mol. The van der Waals surface area contributed by atoms with Gasteiger partial charge in [-0.25, -0.2) is 0 Å². The first-order chi connectivity index (χ1) is 11.8. The molecular weight excluding hydrogens is 289 g/mol. The highest BCUT2D eigenvalue weighted by Crippen LogP contribution is 2.36. The number of benzene rings is 4. The second-order valence-corrected chi connectivity index (χ2v) is 6.13. The third-order valence-electron chi connectivity index (χ3n) is 4.69. The number of rotatable bonds is 1. The highest BCUT2D eigenvalue weighted by atomic mass is 15.0. The second kappa shape index (κ2) is 5.00. The Labute approximate surface area is 141 Å². The molecule has 0 saturated heterocycles. The molecule has 0 spiro atoms. The van der Waals surface area contributed by atoms with Gasteiger partial charge in [-0.1, -0.05) is 66.1 Å². The minimum atomic E-state index is 0.794. The molecule has 1 heterocycles. The molecule has 0 N–H and O–H groups in total. The molecule has 1 aromatic heterocycles. The van der Waals surface area contributed by atoms with Crippen molar-refractivity contribution >= 4 is 45.9 Å². The van der Waals surface area contributed by atoms with Crippen LogP contribution in [0.2, 0.25) is 0 Å². The molecule has 0 bridgehead atoms. The van der Waals surface area contributed by atoms with Crippen LogP contribution in [0.25, 0.3) is 38.3 Å². The van der Waals surface area contributed by atoms with Crippen LogP contribution >= 0.6 is 0 Å². The van der Waals surface area contributed by atoms with Gasteiger partial charge >= 0.3 is 0 Å². The third-order valence-corrected chi connectivity index (χ3v) is 4.69. The fourth-order valence-electron chi connectivity index (χ4n) is 3.66. The molecule has 1 nitrogen and oxygen atoms in total. The van der Waals surface area contributed by atoms with Crippen LogP contribution in [0.15, 0.2) is 84.9 Å². The number of aromatic nitrogens is 1. The summed E-state index contributed by atoms with van der Waals surface area (Å²) in [5.41, 5.74) is 4.35. The van der Waals surface area contributed by atoms with Crippen molar-refractivity contribution in [2.45, 2.75) is 0 Å². The Balaban J connectivity index is 2.07. The lowest BCUT2D eigenvalue weighted by atomic mass is 9.94. The van der Waals surface area contributed by atoms with Crippen molar-refractivity contribution in [1.82, 2.24) is 4.57 Å². The highest BCUT2D eigenvalue weighted by Gasteiger charge is 2.14. The predicted octanol–water partition coefficient (Wildman–Crippen LogP) is 4.73. The van der Waals surface area contributed by atoms with Gasteiger partial charge in [-0.15, -0.1) is 0 Å². The van der Waals surface area contributed by atoms with Gasteiger partial charge < -0.3 is 4.57 Å². The fraction of sp³-hybridized carbons (Fsp3) is 0. The lowest BCUT2D eigenvalue weighted by molar-refractivity contribution is 1.18. The summed E-state index contributed by atoms with van der Waals surface area (Å²) in [7, 11) is 6.10. The van der Waals surface area contributed by atoms with E-state index in [0.717, 1.165) is 11.2 Å². The average molecular weight is 303 g/mol. The molecule has 0 saturated carbocycles. The van der Waals surface area contributed by atoms with E-state index in [4.69, 9.17) is 7.85 Å². The van der Waals surface area contributed by atoms with Gasteiger partial charge in [0.25, 0.3) is 0 Å². The third kappa shape index (κ3) is 1.83. The van der Waals surface area contributed by atoms with E-state index in [9.17, 15) is 0 Å². The van der Waals surface area contributed by atoms with Crippen molar-refractivity contribution < 1.29 is 0 Å². The average Bonchev–Trinajstić information content (AvgIpc) is 2.96. The number of fused-ring (bicyclic) bond motifs is 5. The molecule has 2 heteroatoms. The van der Waals surface area contributed by atoms with E-state index in [1.165, 1.54) is 32.6 Å². The molecule has 5 rings (SSSR count). The number of hydrogen-bond acceptors (Lipinski definition) is 0. The van der Waals surface area contributed by atoms with Crippen LogP contribution < -0.4 is 5.46 Å². The highest BCUT2D eigenvalue weighted by molar-refractivity contribution is 6.34. The first-order valence-electron chi connectivity index (χ1n) is 8.10. The second-order valence-electron chi connectivity index (χ2n) is 6.13. The zero-order chi connectivity index (χ0) is 16.1. The maximum absolute atomic E-state index is 6.10. The Hall–Kier alpha value is -3.00. The Morgan fingerprint density at radius 1 is 0.625 bits per heavy atom. The Kier molecular flexibility index (Phi) is 2.80. The van der Waals surface area contributed by atoms with Crippen molar-refractivity contribution in [1.29, 1.82) is 0 Å². The van der Waals surface area contributed by atoms with Crippen LogP contribution in [0, 0.1) is 0 Å². The zero-order valence-electron chi connectivity index (χ0n) is 13.1. The van der Waals surface area contributed by atoms with Crippen molar-refractivity contribution in [2.75, 3.05) is 0 Å². The molecule has 5 aromatic rings. The smallest absolute Gasteiger partial charge is 0.113 e. The number of hydrogen-bond donors (Lipinski definition) is 0. The van der Waals surface area contributed by atoms with Crippen molar-refractivity contribution in [3.8, 4) is 5.69 Å². The van der Waals surface area contributed by atoms with E-state index in [2.05, 4.69) is 77.4 Å². The van der Waals surface area contributed by atoms with Crippen LogP contribution in [0.3, 0.4) is 0 Å². The summed E-state index contributed by atoms with van der Waals surface area (Å²) in [6, 6.07) is 29.6. The molecule has 0 atom stereocenters. The van der Waals surface area contributed by atoms with E-state index >= 15 is 0 Å². The fourth-order valence-corrected chi connectivity index (χ4v) is 3.66. The van der Waals surface area contributed by atoms with Crippen LogP contribution in [0.5, 0.6) is 0 Å². The van der Waals surface area contributed by atoms with Crippen molar-refractivity contribution in [3.63, 3.8) is 0 Å². The topological polar surface area (TPSA) is 4.93 Å². The standard InChI is InChI=1S/C22H14BN/c23-16-11-13-20-19(14-16)22-18-9-5-4-6-15(18)10-12-21(22)24(20)17-7-2-1-3-8-17/h1-14H. The number of para-hydroxylation sites is 1. The molecule has 0 aliphatic rings. The van der Waals surface area contributed by atoms with E-state index in [-0.39, 0.29) is 0 Å². The van der Waals surface area contributed by atoms with Crippen LogP contribution in [0.1, 0.15) is 0 Å². The van der Waals surface area contributed by atoms with Gasteiger partial charge in [0.1, 0.15) is 7.85 Å². The molecule has 0 aliphatic carbocycles. The molecule has 4 aromatic carbocycles. The van der Waals surface area contributed by atoms with Crippen LogP contribution in [-0.4, -0.2) is 12.4 Å². The molecule has 0 unspecified atom stereocenters. The van der Waals surface area contributed by atoms with Gasteiger partial charge in [0.05, 0.1) is 11.0 Å². The Morgan fingerprint density at radius 2 is 1.38 bits per heavy atom. The summed E-state index contributed by atoms with van der Waals surface area (Å²) >= 11 is 0. The first-order valence-corrected chi connectivity index (χ1v) is 8.10. The molecule has 0 aliphatic heterocycles. The summed E-state index contributed by atoms with van der Waals surface area (Å²) in [5.74, 6) is 0. The SMILES string of the molecule is [B]c1ccc2c(c1)c1c3ccccc3ccc1n2-c1ccccc1. The van der Waals surface area contributed by atoms with E-state index < -0.39 is 0 Å². The lowest BCUT2D eigenvalue weighted by Crippen LogP contribution is -2.00. The Bertz CT molecular complexity index is 1200. The van der Waals surface area contributed by atoms with Gasteiger partial charge in [0.15, 0.2) is 0 Å². The minimum absolute atomic E-state index is 0.794. The summed E-state index contributed by atoms with van der Waals surface area (Å²) < 4.78 is 2.32. The predicted molar refractivity (Wildman–Crippen MR) is 104 cm³/mol. The van der Waals surface area contributed by atoms with Crippen LogP contribution in [0.4, 0.5) is 0 Å². The molecule has 0 amide bonds. The molecule has 110 valence electrons. The van der Waals surface area contributed by atoms with Gasteiger partial charge in [-0.05, 0) is 35.0 Å². The van der Waals surface area contributed by atoms with E-state index in [1.54, 1.807) is 0 Å². The van der Waals surface area contributed by atoms with Gasteiger partial charge in [-0.3, -0.25) is 0 Å². The Morgan fingerprint density at radius 3 is 2.25 bits per heavy atom. The van der Waals surface area contributed by atoms with Crippen LogP contribution in [-0.2, 0) is 0 Å². The quantitative estimate of drug-likeness (QED) is 0.394. The molecule has 24 heavy (non-hydrogen) atoms. The largest absolute Gasteiger partial charge is 0.309 e. The van der Waals surface area contributed by atoms with E-state index in [1.807, 2.05) is 12.1 Å². The van der Waals surface area contributed by atoms with Crippen molar-refractivity contribution in [3.05, 3.63) is 84.9 Å². The minimum Gasteiger partial charge on any atom is -0.309 e.